The van der Waals surface area contributed by atoms with Gasteiger partial charge in [0.15, 0.2) is 0 Å². The third-order valence-corrected chi connectivity index (χ3v) is 3.77. The smallest absolute Gasteiger partial charge is 0.299 e. The monoisotopic (exact) mass is 322 g/mol. The number of carbonyl (C=O) groups excluding carboxylic acids is 1. The molecule has 5 heteroatoms. The molecule has 0 saturated carbocycles. The molecule has 4 nitrogen and oxygen atoms in total. The van der Waals surface area contributed by atoms with Gasteiger partial charge in [0.1, 0.15) is 12.1 Å². The predicted molar refractivity (Wildman–Crippen MR) is 91.5 cm³/mol. The number of para-hydroxylation sites is 1. The molecule has 2 aromatic carbocycles. The normalized spacial score (nSPS) is 11.1. The van der Waals surface area contributed by atoms with Crippen LogP contribution < -0.4 is 5.69 Å². The lowest BCUT2D eigenvalue weighted by molar-refractivity contribution is -0.104. The molecule has 3 rings (SSSR count). The summed E-state index contributed by atoms with van der Waals surface area (Å²) in [4.78, 5) is 23.5. The fourth-order valence-corrected chi connectivity index (χ4v) is 2.64. The van der Waals surface area contributed by atoms with E-state index in [2.05, 4.69) is 0 Å². The van der Waals surface area contributed by atoms with Gasteiger partial charge < -0.3 is 0 Å². The first-order valence-corrected chi connectivity index (χ1v) is 7.38. The van der Waals surface area contributed by atoms with Crippen LogP contribution in [0, 0.1) is 5.82 Å². The van der Waals surface area contributed by atoms with Crippen molar-refractivity contribution in [3.8, 4) is 16.9 Å². The fourth-order valence-electron chi connectivity index (χ4n) is 2.64. The summed E-state index contributed by atoms with van der Waals surface area (Å²) >= 11 is 0. The van der Waals surface area contributed by atoms with Crippen LogP contribution in [-0.2, 0) is 11.8 Å². The number of hydrogen-bond acceptors (Lipinski definition) is 2. The third kappa shape index (κ3) is 2.72. The van der Waals surface area contributed by atoms with E-state index in [1.165, 1.54) is 22.8 Å². The van der Waals surface area contributed by atoms with Crippen LogP contribution in [0.5, 0.6) is 0 Å². The second-order valence-corrected chi connectivity index (χ2v) is 5.25. The van der Waals surface area contributed by atoms with Crippen molar-refractivity contribution in [3.63, 3.8) is 0 Å². The van der Waals surface area contributed by atoms with Gasteiger partial charge >= 0.3 is 5.69 Å². The van der Waals surface area contributed by atoms with Crippen LogP contribution in [-0.4, -0.2) is 15.4 Å². The van der Waals surface area contributed by atoms with Crippen molar-refractivity contribution in [1.29, 1.82) is 0 Å². The van der Waals surface area contributed by atoms with Gasteiger partial charge in [-0.15, -0.1) is 0 Å². The van der Waals surface area contributed by atoms with Gasteiger partial charge in [0.25, 0.3) is 0 Å². The number of aldehydes is 1. The highest BCUT2D eigenvalue weighted by molar-refractivity contribution is 5.79. The molecule has 24 heavy (non-hydrogen) atoms. The van der Waals surface area contributed by atoms with E-state index >= 15 is 0 Å². The highest BCUT2D eigenvalue weighted by Gasteiger charge is 2.18. The molecule has 1 aromatic heterocycles. The molecule has 120 valence electrons. The van der Waals surface area contributed by atoms with Crippen molar-refractivity contribution in [2.24, 2.45) is 7.05 Å². The zero-order valence-corrected chi connectivity index (χ0v) is 13.0. The minimum absolute atomic E-state index is 0.244. The first-order chi connectivity index (χ1) is 11.6. The van der Waals surface area contributed by atoms with Gasteiger partial charge in [-0.05, 0) is 48.6 Å². The molecule has 0 spiro atoms. The molecule has 0 saturated heterocycles. The van der Waals surface area contributed by atoms with E-state index in [9.17, 15) is 14.0 Å². The average Bonchev–Trinajstić information content (AvgIpc) is 2.86. The number of hydrogen-bond donors (Lipinski definition) is 0. The topological polar surface area (TPSA) is 44.0 Å². The Morgan fingerprint density at radius 2 is 1.67 bits per heavy atom. The van der Waals surface area contributed by atoms with Gasteiger partial charge in [-0.2, -0.15) is 0 Å². The summed E-state index contributed by atoms with van der Waals surface area (Å²) in [5, 5.41) is 0. The van der Waals surface area contributed by atoms with Crippen LogP contribution in [0.25, 0.3) is 23.0 Å². The van der Waals surface area contributed by atoms with Crippen LogP contribution in [0.1, 0.15) is 5.69 Å². The largest absolute Gasteiger partial charge is 0.333 e. The summed E-state index contributed by atoms with van der Waals surface area (Å²) < 4.78 is 16.3. The molecule has 0 N–H and O–H groups in total. The summed E-state index contributed by atoms with van der Waals surface area (Å²) in [5.74, 6) is -0.353. The van der Waals surface area contributed by atoms with E-state index in [0.29, 0.717) is 28.9 Å². The second kappa shape index (κ2) is 6.50. The molecule has 0 aliphatic carbocycles. The quantitative estimate of drug-likeness (QED) is 0.547. The Morgan fingerprint density at radius 1 is 1.00 bits per heavy atom. The zero-order chi connectivity index (χ0) is 17.1. The van der Waals surface area contributed by atoms with Crippen molar-refractivity contribution < 1.29 is 9.18 Å². The number of carbonyl (C=O) groups is 1. The highest BCUT2D eigenvalue weighted by Crippen LogP contribution is 2.27. The summed E-state index contributed by atoms with van der Waals surface area (Å²) in [5.41, 5.74) is 2.31. The summed E-state index contributed by atoms with van der Waals surface area (Å²) in [6.45, 7) is 0. The molecule has 0 amide bonds. The summed E-state index contributed by atoms with van der Waals surface area (Å²) in [6.07, 6.45) is 3.56. The number of halogens is 1. The lowest BCUT2D eigenvalue weighted by Crippen LogP contribution is -2.21. The Hall–Kier alpha value is -3.21. The second-order valence-electron chi connectivity index (χ2n) is 5.25. The van der Waals surface area contributed by atoms with Crippen LogP contribution in [0.3, 0.4) is 0 Å². The molecule has 0 radical (unpaired) electrons. The van der Waals surface area contributed by atoms with Gasteiger partial charge in [-0.25, -0.2) is 9.18 Å². The number of rotatable bonds is 4. The van der Waals surface area contributed by atoms with Crippen LogP contribution in [0.2, 0.25) is 0 Å². The van der Waals surface area contributed by atoms with Gasteiger partial charge in [0.05, 0.1) is 17.1 Å². The van der Waals surface area contributed by atoms with Crippen molar-refractivity contribution >= 4 is 12.4 Å². The van der Waals surface area contributed by atoms with Gasteiger partial charge in [0.2, 0.25) is 0 Å². The number of imidazole rings is 1. The van der Waals surface area contributed by atoms with E-state index in [4.69, 9.17) is 0 Å². The molecule has 0 bridgehead atoms. The number of allylic oxidation sites excluding steroid dienone is 1. The maximum atomic E-state index is 13.3. The molecule has 3 aromatic rings. The Bertz CT molecular complexity index is 952. The minimum atomic E-state index is -0.353. The summed E-state index contributed by atoms with van der Waals surface area (Å²) in [7, 11) is 1.64. The van der Waals surface area contributed by atoms with Crippen LogP contribution in [0.4, 0.5) is 4.39 Å². The molecule has 0 aliphatic rings. The highest BCUT2D eigenvalue weighted by atomic mass is 19.1. The lowest BCUT2D eigenvalue weighted by Gasteiger charge is -2.09. The van der Waals surface area contributed by atoms with E-state index < -0.39 is 0 Å². The van der Waals surface area contributed by atoms with Gasteiger partial charge in [-0.1, -0.05) is 18.2 Å². The maximum absolute atomic E-state index is 13.3. The summed E-state index contributed by atoms with van der Waals surface area (Å²) in [6, 6.07) is 15.1. The molecule has 1 heterocycles. The van der Waals surface area contributed by atoms with Gasteiger partial charge in [0, 0.05) is 12.6 Å². The average molecular weight is 322 g/mol. The lowest BCUT2D eigenvalue weighted by atomic mass is 10.1. The van der Waals surface area contributed by atoms with Crippen molar-refractivity contribution in [2.75, 3.05) is 0 Å². The first-order valence-electron chi connectivity index (χ1n) is 7.38. The maximum Gasteiger partial charge on any atom is 0.333 e. The molecular formula is C19H15FN2O2. The van der Waals surface area contributed by atoms with Gasteiger partial charge in [-0.3, -0.25) is 13.9 Å². The predicted octanol–water partition coefficient (Wildman–Crippen LogP) is 3.19. The molecule has 0 atom stereocenters. The molecular weight excluding hydrogens is 307 g/mol. The van der Waals surface area contributed by atoms with E-state index in [1.54, 1.807) is 29.8 Å². The molecule has 0 fully saturated rings. The SMILES string of the molecule is Cn1c(C=CC=O)c(-c2ccc(F)cc2)n(-c2ccccc2)c1=O. The number of nitrogens with zero attached hydrogens (tertiary/aromatic N) is 2. The van der Waals surface area contributed by atoms with E-state index in [-0.39, 0.29) is 11.5 Å². The van der Waals surface area contributed by atoms with Crippen molar-refractivity contribution in [2.45, 2.75) is 0 Å². The Morgan fingerprint density at radius 3 is 2.29 bits per heavy atom. The standard InChI is InChI=1S/C19H15FN2O2/c1-21-17(8-5-13-23)18(14-9-11-15(20)12-10-14)22(19(21)24)16-6-3-2-4-7-16/h2-13H,1H3. The Labute approximate surface area is 138 Å². The minimum Gasteiger partial charge on any atom is -0.299 e. The van der Waals surface area contributed by atoms with Crippen molar-refractivity contribution in [1.82, 2.24) is 9.13 Å². The third-order valence-electron chi connectivity index (χ3n) is 3.77. The zero-order valence-electron chi connectivity index (χ0n) is 13.0. The molecule has 0 aliphatic heterocycles. The fraction of sp³-hybridized carbons (Fsp3) is 0.0526. The Kier molecular flexibility index (Phi) is 4.24. The van der Waals surface area contributed by atoms with E-state index in [1.807, 2.05) is 30.3 Å². The first kappa shape index (κ1) is 15.7. The van der Waals surface area contributed by atoms with Crippen LogP contribution in [0.15, 0.2) is 65.5 Å². The number of benzene rings is 2. The molecule has 0 unspecified atom stereocenters. The van der Waals surface area contributed by atoms with Crippen LogP contribution >= 0.6 is 0 Å². The Balaban J connectivity index is 2.36. The van der Waals surface area contributed by atoms with Crippen molar-refractivity contribution in [3.05, 3.63) is 82.7 Å². The van der Waals surface area contributed by atoms with E-state index in [0.717, 1.165) is 0 Å². The number of aromatic nitrogens is 2.